The first-order chi connectivity index (χ1) is 7.24. The van der Waals surface area contributed by atoms with Crippen LogP contribution < -0.4 is 4.74 Å². The zero-order valence-electron chi connectivity index (χ0n) is 8.82. The standard InChI is InChI=1S/C11H15IN2O/c1-8-3-2-4-10(5-8)15-11-13-6-9(12)7-14-11/h6-8,10H,2-5H2,1H3. The zero-order valence-corrected chi connectivity index (χ0v) is 11.0. The molecule has 2 rings (SSSR count). The molecular weight excluding hydrogens is 303 g/mol. The Morgan fingerprint density at radius 3 is 2.73 bits per heavy atom. The second-order valence-corrected chi connectivity index (χ2v) is 5.44. The van der Waals surface area contributed by atoms with Crippen molar-refractivity contribution in [3.8, 4) is 6.01 Å². The molecule has 82 valence electrons. The van der Waals surface area contributed by atoms with Gasteiger partial charge in [-0.3, -0.25) is 0 Å². The first-order valence-corrected chi connectivity index (χ1v) is 6.46. The van der Waals surface area contributed by atoms with E-state index in [0.717, 1.165) is 22.3 Å². The van der Waals surface area contributed by atoms with Crippen molar-refractivity contribution in [2.45, 2.75) is 38.7 Å². The normalized spacial score (nSPS) is 26.3. The quantitative estimate of drug-likeness (QED) is 0.786. The predicted molar refractivity (Wildman–Crippen MR) is 66.8 cm³/mol. The summed E-state index contributed by atoms with van der Waals surface area (Å²) in [7, 11) is 0. The highest BCUT2D eigenvalue weighted by atomic mass is 127. The average molecular weight is 318 g/mol. The molecule has 1 aromatic rings. The maximum Gasteiger partial charge on any atom is 0.316 e. The number of ether oxygens (including phenoxy) is 1. The lowest BCUT2D eigenvalue weighted by Crippen LogP contribution is -2.24. The van der Waals surface area contributed by atoms with Crippen LogP contribution in [-0.2, 0) is 0 Å². The van der Waals surface area contributed by atoms with Gasteiger partial charge >= 0.3 is 6.01 Å². The van der Waals surface area contributed by atoms with E-state index in [-0.39, 0.29) is 0 Å². The van der Waals surface area contributed by atoms with Crippen molar-refractivity contribution in [3.63, 3.8) is 0 Å². The molecule has 0 saturated heterocycles. The largest absolute Gasteiger partial charge is 0.460 e. The van der Waals surface area contributed by atoms with Crippen LogP contribution >= 0.6 is 22.6 Å². The van der Waals surface area contributed by atoms with Gasteiger partial charge in [0.2, 0.25) is 0 Å². The third-order valence-electron chi connectivity index (χ3n) is 2.76. The molecule has 0 bridgehead atoms. The smallest absolute Gasteiger partial charge is 0.316 e. The van der Waals surface area contributed by atoms with E-state index >= 15 is 0 Å². The highest BCUT2D eigenvalue weighted by Crippen LogP contribution is 2.26. The zero-order chi connectivity index (χ0) is 10.7. The Morgan fingerprint density at radius 1 is 1.33 bits per heavy atom. The summed E-state index contributed by atoms with van der Waals surface area (Å²) in [5.41, 5.74) is 0. The maximum atomic E-state index is 5.76. The van der Waals surface area contributed by atoms with Gasteiger partial charge in [-0.15, -0.1) is 0 Å². The van der Waals surface area contributed by atoms with Crippen molar-refractivity contribution >= 4 is 22.6 Å². The Morgan fingerprint density at radius 2 is 2.07 bits per heavy atom. The molecule has 4 heteroatoms. The summed E-state index contributed by atoms with van der Waals surface area (Å²) >= 11 is 2.19. The Labute approximate surface area is 104 Å². The highest BCUT2D eigenvalue weighted by molar-refractivity contribution is 14.1. The number of hydrogen-bond acceptors (Lipinski definition) is 3. The van der Waals surface area contributed by atoms with E-state index in [2.05, 4.69) is 39.5 Å². The van der Waals surface area contributed by atoms with Crippen LogP contribution in [0.5, 0.6) is 6.01 Å². The van der Waals surface area contributed by atoms with Crippen LogP contribution in [0.4, 0.5) is 0 Å². The molecule has 15 heavy (non-hydrogen) atoms. The van der Waals surface area contributed by atoms with E-state index in [1.165, 1.54) is 12.8 Å². The van der Waals surface area contributed by atoms with Crippen LogP contribution in [0.1, 0.15) is 32.6 Å². The second kappa shape index (κ2) is 5.09. The Balaban J connectivity index is 1.93. The van der Waals surface area contributed by atoms with Gasteiger partial charge in [0.25, 0.3) is 0 Å². The van der Waals surface area contributed by atoms with Gasteiger partial charge in [0.05, 0.1) is 0 Å². The summed E-state index contributed by atoms with van der Waals surface area (Å²) in [5, 5.41) is 0. The van der Waals surface area contributed by atoms with Crippen molar-refractivity contribution in [2.75, 3.05) is 0 Å². The average Bonchev–Trinajstić information content (AvgIpc) is 2.22. The molecule has 0 aromatic carbocycles. The molecule has 0 spiro atoms. The number of hydrogen-bond donors (Lipinski definition) is 0. The lowest BCUT2D eigenvalue weighted by atomic mass is 9.89. The van der Waals surface area contributed by atoms with E-state index < -0.39 is 0 Å². The van der Waals surface area contributed by atoms with E-state index in [0.29, 0.717) is 12.1 Å². The minimum absolute atomic E-state index is 0.314. The number of rotatable bonds is 2. The number of nitrogens with zero attached hydrogens (tertiary/aromatic N) is 2. The van der Waals surface area contributed by atoms with Gasteiger partial charge in [-0.1, -0.05) is 13.3 Å². The maximum absolute atomic E-state index is 5.76. The van der Waals surface area contributed by atoms with Crippen LogP contribution in [0.15, 0.2) is 12.4 Å². The predicted octanol–water partition coefficient (Wildman–Crippen LogP) is 3.04. The van der Waals surface area contributed by atoms with Crippen LogP contribution in [0.2, 0.25) is 0 Å². The molecule has 1 heterocycles. The molecule has 2 unspecified atom stereocenters. The van der Waals surface area contributed by atoms with Crippen LogP contribution in [-0.4, -0.2) is 16.1 Å². The van der Waals surface area contributed by atoms with Crippen LogP contribution in [0, 0.1) is 9.49 Å². The fourth-order valence-corrected chi connectivity index (χ4v) is 2.27. The molecule has 1 aliphatic carbocycles. The third kappa shape index (κ3) is 3.29. The number of aromatic nitrogens is 2. The fraction of sp³-hybridized carbons (Fsp3) is 0.636. The van der Waals surface area contributed by atoms with Crippen molar-refractivity contribution in [3.05, 3.63) is 16.0 Å². The topological polar surface area (TPSA) is 35.0 Å². The molecule has 0 N–H and O–H groups in total. The second-order valence-electron chi connectivity index (χ2n) is 4.20. The molecule has 3 nitrogen and oxygen atoms in total. The lowest BCUT2D eigenvalue weighted by Gasteiger charge is -2.26. The molecule has 1 saturated carbocycles. The first-order valence-electron chi connectivity index (χ1n) is 5.38. The summed E-state index contributed by atoms with van der Waals surface area (Å²) < 4.78 is 6.79. The van der Waals surface area contributed by atoms with Gasteiger partial charge in [-0.2, -0.15) is 0 Å². The Hall–Kier alpha value is -0.390. The third-order valence-corrected chi connectivity index (χ3v) is 3.31. The van der Waals surface area contributed by atoms with E-state index in [1.807, 2.05) is 0 Å². The Bertz CT molecular complexity index is 315. The summed E-state index contributed by atoms with van der Waals surface area (Å²) in [5.74, 6) is 0.771. The molecule has 2 atom stereocenters. The van der Waals surface area contributed by atoms with Gasteiger partial charge in [-0.05, 0) is 47.8 Å². The summed E-state index contributed by atoms with van der Waals surface area (Å²) in [4.78, 5) is 8.31. The van der Waals surface area contributed by atoms with E-state index in [4.69, 9.17) is 4.74 Å². The summed E-state index contributed by atoms with van der Waals surface area (Å²) in [6.45, 7) is 2.28. The molecule has 1 aliphatic rings. The molecular formula is C11H15IN2O. The van der Waals surface area contributed by atoms with Crippen molar-refractivity contribution in [2.24, 2.45) is 5.92 Å². The lowest BCUT2D eigenvalue weighted by molar-refractivity contribution is 0.118. The monoisotopic (exact) mass is 318 g/mol. The molecule has 0 radical (unpaired) electrons. The SMILES string of the molecule is CC1CCCC(Oc2ncc(I)cn2)C1. The molecule has 0 aliphatic heterocycles. The first kappa shape index (κ1) is 11.1. The fourth-order valence-electron chi connectivity index (χ4n) is 2.00. The van der Waals surface area contributed by atoms with Gasteiger partial charge in [0.1, 0.15) is 6.10 Å². The van der Waals surface area contributed by atoms with Gasteiger partial charge in [-0.25, -0.2) is 9.97 Å². The summed E-state index contributed by atoms with van der Waals surface area (Å²) in [6.07, 6.45) is 8.75. The Kier molecular flexibility index (Phi) is 3.77. The molecule has 1 aromatic heterocycles. The van der Waals surface area contributed by atoms with Crippen LogP contribution in [0.3, 0.4) is 0 Å². The van der Waals surface area contributed by atoms with E-state index in [9.17, 15) is 0 Å². The van der Waals surface area contributed by atoms with E-state index in [1.54, 1.807) is 12.4 Å². The minimum atomic E-state index is 0.314. The van der Waals surface area contributed by atoms with Gasteiger partial charge in [0.15, 0.2) is 0 Å². The molecule has 1 fully saturated rings. The van der Waals surface area contributed by atoms with Crippen molar-refractivity contribution in [1.29, 1.82) is 0 Å². The van der Waals surface area contributed by atoms with Gasteiger partial charge in [0, 0.05) is 16.0 Å². The minimum Gasteiger partial charge on any atom is -0.460 e. The van der Waals surface area contributed by atoms with Crippen molar-refractivity contribution < 1.29 is 4.74 Å². The molecule has 0 amide bonds. The van der Waals surface area contributed by atoms with Crippen LogP contribution in [0.25, 0.3) is 0 Å². The number of halogens is 1. The highest BCUT2D eigenvalue weighted by Gasteiger charge is 2.20. The van der Waals surface area contributed by atoms with Crippen molar-refractivity contribution in [1.82, 2.24) is 9.97 Å². The van der Waals surface area contributed by atoms with Gasteiger partial charge < -0.3 is 4.74 Å². The summed E-state index contributed by atoms with van der Waals surface area (Å²) in [6, 6.07) is 0.523.